The molecule has 0 bridgehead atoms. The Morgan fingerprint density at radius 3 is 2.72 bits per heavy atom. The average Bonchev–Trinajstić information content (AvgIpc) is 3.15. The first-order valence-corrected chi connectivity index (χ1v) is 9.13. The van der Waals surface area contributed by atoms with Gasteiger partial charge in [0.1, 0.15) is 6.10 Å². The first-order valence-electron chi connectivity index (χ1n) is 8.76. The number of rotatable bonds is 5. The molecule has 25 heavy (non-hydrogen) atoms. The van der Waals surface area contributed by atoms with Crippen LogP contribution in [0.25, 0.3) is 0 Å². The van der Waals surface area contributed by atoms with Crippen molar-refractivity contribution < 1.29 is 14.3 Å². The summed E-state index contributed by atoms with van der Waals surface area (Å²) in [6.07, 6.45) is 1.53. The third-order valence-corrected chi connectivity index (χ3v) is 4.87. The molecule has 2 amide bonds. The molecule has 7 heteroatoms. The highest BCUT2D eigenvalue weighted by molar-refractivity contribution is 6.30. The topological polar surface area (TPSA) is 61.9 Å². The average molecular weight is 366 g/mol. The highest BCUT2D eigenvalue weighted by Crippen LogP contribution is 2.16. The van der Waals surface area contributed by atoms with Crippen molar-refractivity contribution in [2.75, 3.05) is 39.3 Å². The first-order chi connectivity index (χ1) is 12.1. The van der Waals surface area contributed by atoms with Crippen molar-refractivity contribution in [3.63, 3.8) is 0 Å². The fourth-order valence-corrected chi connectivity index (χ4v) is 3.42. The van der Waals surface area contributed by atoms with Crippen LogP contribution in [0.4, 0.5) is 0 Å². The molecule has 3 rings (SSSR count). The molecule has 0 saturated carbocycles. The number of halogens is 1. The van der Waals surface area contributed by atoms with Crippen LogP contribution >= 0.6 is 11.6 Å². The molecular weight excluding hydrogens is 342 g/mol. The lowest BCUT2D eigenvalue weighted by molar-refractivity contribution is -0.142. The maximum atomic E-state index is 12.3. The lowest BCUT2D eigenvalue weighted by Gasteiger charge is -2.35. The van der Waals surface area contributed by atoms with Crippen LogP contribution in [-0.4, -0.2) is 67.0 Å². The summed E-state index contributed by atoms with van der Waals surface area (Å²) in [5.74, 6) is 0.0847. The summed E-state index contributed by atoms with van der Waals surface area (Å²) >= 11 is 5.94. The summed E-state index contributed by atoms with van der Waals surface area (Å²) in [6, 6.07) is 7.46. The van der Waals surface area contributed by atoms with E-state index >= 15 is 0 Å². The molecule has 136 valence electrons. The summed E-state index contributed by atoms with van der Waals surface area (Å²) in [6.45, 7) is 4.23. The van der Waals surface area contributed by atoms with Gasteiger partial charge in [-0.15, -0.1) is 0 Å². The van der Waals surface area contributed by atoms with Crippen molar-refractivity contribution in [1.29, 1.82) is 0 Å². The van der Waals surface area contributed by atoms with Gasteiger partial charge in [-0.2, -0.15) is 0 Å². The number of ether oxygens (including phenoxy) is 1. The molecule has 2 saturated heterocycles. The largest absolute Gasteiger partial charge is 0.368 e. The van der Waals surface area contributed by atoms with Crippen LogP contribution in [0.3, 0.4) is 0 Å². The van der Waals surface area contributed by atoms with Gasteiger partial charge in [0.25, 0.3) is 5.91 Å². The molecule has 0 aromatic heterocycles. The maximum Gasteiger partial charge on any atom is 0.251 e. The van der Waals surface area contributed by atoms with Crippen LogP contribution in [0.15, 0.2) is 24.3 Å². The smallest absolute Gasteiger partial charge is 0.251 e. The third-order valence-electron chi connectivity index (χ3n) is 4.64. The van der Waals surface area contributed by atoms with Crippen molar-refractivity contribution >= 4 is 23.4 Å². The molecule has 1 aromatic rings. The molecule has 1 atom stereocenters. The number of hydrogen-bond acceptors (Lipinski definition) is 4. The molecule has 0 unspecified atom stereocenters. The van der Waals surface area contributed by atoms with Gasteiger partial charge in [0.15, 0.2) is 0 Å². The second-order valence-corrected chi connectivity index (χ2v) is 6.95. The van der Waals surface area contributed by atoms with E-state index in [0.717, 1.165) is 18.4 Å². The lowest BCUT2D eigenvalue weighted by atomic mass is 10.2. The number of nitrogens with zero attached hydrogens (tertiary/aromatic N) is 2. The Bertz CT molecular complexity index is 611. The minimum absolute atomic E-state index is 0.0149. The van der Waals surface area contributed by atoms with Crippen LogP contribution < -0.4 is 5.32 Å². The van der Waals surface area contributed by atoms with E-state index in [1.54, 1.807) is 0 Å². The Morgan fingerprint density at radius 1 is 1.24 bits per heavy atom. The number of carbonyl (C=O) groups excluding carboxylic acids is 2. The molecule has 2 aliphatic heterocycles. The second-order valence-electron chi connectivity index (χ2n) is 6.51. The van der Waals surface area contributed by atoms with Gasteiger partial charge in [-0.25, -0.2) is 0 Å². The minimum Gasteiger partial charge on any atom is -0.368 e. The van der Waals surface area contributed by atoms with E-state index in [0.29, 0.717) is 50.9 Å². The monoisotopic (exact) mass is 365 g/mol. The Hall–Kier alpha value is -1.63. The molecule has 2 aliphatic rings. The first kappa shape index (κ1) is 18.2. The summed E-state index contributed by atoms with van der Waals surface area (Å²) in [4.78, 5) is 28.3. The fraction of sp³-hybridized carbons (Fsp3) is 0.556. The van der Waals surface area contributed by atoms with Crippen LogP contribution in [-0.2, 0) is 20.9 Å². The Labute approximate surface area is 153 Å². The van der Waals surface area contributed by atoms with E-state index in [4.69, 9.17) is 16.3 Å². The van der Waals surface area contributed by atoms with Gasteiger partial charge < -0.3 is 15.0 Å². The van der Waals surface area contributed by atoms with Crippen LogP contribution in [0, 0.1) is 0 Å². The van der Waals surface area contributed by atoms with Gasteiger partial charge in [-0.05, 0) is 30.5 Å². The summed E-state index contributed by atoms with van der Waals surface area (Å²) < 4.78 is 5.46. The zero-order valence-electron chi connectivity index (χ0n) is 14.2. The van der Waals surface area contributed by atoms with Gasteiger partial charge in [0.2, 0.25) is 5.91 Å². The molecular formula is C18H24ClN3O3. The number of nitrogens with one attached hydrogen (secondary N) is 1. The highest BCUT2D eigenvalue weighted by atomic mass is 35.5. The summed E-state index contributed by atoms with van der Waals surface area (Å²) in [7, 11) is 0. The predicted octanol–water partition coefficient (Wildman–Crippen LogP) is 1.28. The molecule has 0 radical (unpaired) electrons. The quantitative estimate of drug-likeness (QED) is 0.853. The third kappa shape index (κ3) is 5.17. The van der Waals surface area contributed by atoms with Crippen molar-refractivity contribution in [2.45, 2.75) is 25.5 Å². The highest BCUT2D eigenvalue weighted by Gasteiger charge is 2.30. The van der Waals surface area contributed by atoms with Crippen molar-refractivity contribution in [2.24, 2.45) is 0 Å². The van der Waals surface area contributed by atoms with E-state index in [2.05, 4.69) is 10.2 Å². The van der Waals surface area contributed by atoms with E-state index in [-0.39, 0.29) is 17.9 Å². The number of carbonyl (C=O) groups is 2. The Morgan fingerprint density at radius 2 is 2.04 bits per heavy atom. The van der Waals surface area contributed by atoms with Crippen molar-refractivity contribution in [1.82, 2.24) is 15.1 Å². The molecule has 2 fully saturated rings. The SMILES string of the molecule is O=C(CN1CCN(C(=O)[C@H]2CCCO2)CC1)NCc1cccc(Cl)c1. The van der Waals surface area contributed by atoms with E-state index in [1.807, 2.05) is 29.2 Å². The molecule has 0 aliphatic carbocycles. The summed E-state index contributed by atoms with van der Waals surface area (Å²) in [5.41, 5.74) is 0.979. The minimum atomic E-state index is -0.257. The number of benzene rings is 1. The molecule has 6 nitrogen and oxygen atoms in total. The number of hydrogen-bond donors (Lipinski definition) is 1. The molecule has 1 N–H and O–H groups in total. The maximum absolute atomic E-state index is 12.3. The molecule has 2 heterocycles. The fourth-order valence-electron chi connectivity index (χ4n) is 3.21. The standard InChI is InChI=1S/C18H24ClN3O3/c19-15-4-1-3-14(11-15)12-20-17(23)13-21-6-8-22(9-7-21)18(24)16-5-2-10-25-16/h1,3-4,11,16H,2,5-10,12-13H2,(H,20,23)/t16-/m1/s1. The van der Waals surface area contributed by atoms with Gasteiger partial charge in [0, 0.05) is 44.4 Å². The summed E-state index contributed by atoms with van der Waals surface area (Å²) in [5, 5.41) is 3.58. The van der Waals surface area contributed by atoms with Crippen molar-refractivity contribution in [3.8, 4) is 0 Å². The van der Waals surface area contributed by atoms with Gasteiger partial charge in [0.05, 0.1) is 6.54 Å². The Kier molecular flexibility index (Phi) is 6.29. The predicted molar refractivity (Wildman–Crippen MR) is 95.3 cm³/mol. The van der Waals surface area contributed by atoms with Crippen LogP contribution in [0.1, 0.15) is 18.4 Å². The van der Waals surface area contributed by atoms with E-state index in [9.17, 15) is 9.59 Å². The van der Waals surface area contributed by atoms with Gasteiger partial charge in [-0.1, -0.05) is 23.7 Å². The molecule has 0 spiro atoms. The number of amides is 2. The normalized spacial score (nSPS) is 21.3. The number of piperazine rings is 1. The molecule has 1 aromatic carbocycles. The van der Waals surface area contributed by atoms with Gasteiger partial charge in [-0.3, -0.25) is 14.5 Å². The van der Waals surface area contributed by atoms with Crippen LogP contribution in [0.2, 0.25) is 5.02 Å². The second kappa shape index (κ2) is 8.65. The van der Waals surface area contributed by atoms with Gasteiger partial charge >= 0.3 is 0 Å². The van der Waals surface area contributed by atoms with Crippen molar-refractivity contribution in [3.05, 3.63) is 34.9 Å². The lowest BCUT2D eigenvalue weighted by Crippen LogP contribution is -2.53. The van der Waals surface area contributed by atoms with E-state index in [1.165, 1.54) is 0 Å². The Balaban J connectivity index is 1.38. The zero-order valence-corrected chi connectivity index (χ0v) is 15.0. The van der Waals surface area contributed by atoms with Crippen LogP contribution in [0.5, 0.6) is 0 Å². The zero-order chi connectivity index (χ0) is 17.6. The van der Waals surface area contributed by atoms with E-state index < -0.39 is 0 Å².